The zero-order valence-electron chi connectivity index (χ0n) is 8.94. The summed E-state index contributed by atoms with van der Waals surface area (Å²) in [5.74, 6) is -2.61. The summed E-state index contributed by atoms with van der Waals surface area (Å²) in [7, 11) is 0. The van der Waals surface area contributed by atoms with E-state index in [1.54, 1.807) is 4.90 Å². The second kappa shape index (κ2) is 4.47. The van der Waals surface area contributed by atoms with Gasteiger partial charge in [-0.15, -0.1) is 0 Å². The number of likely N-dealkylation sites (tertiary alicyclic amines) is 1. The highest BCUT2D eigenvalue weighted by atomic mass is 19.3. The Balaban J connectivity index is 1.83. The van der Waals surface area contributed by atoms with Crippen molar-refractivity contribution >= 4 is 0 Å². The molecule has 1 aromatic rings. The van der Waals surface area contributed by atoms with Crippen molar-refractivity contribution in [2.75, 3.05) is 26.2 Å². The summed E-state index contributed by atoms with van der Waals surface area (Å²) >= 11 is 0. The molecule has 88 valence electrons. The Morgan fingerprint density at radius 3 is 2.44 bits per heavy atom. The number of aliphatic hydroxyl groups is 1. The van der Waals surface area contributed by atoms with Gasteiger partial charge in [0.15, 0.2) is 0 Å². The molecule has 1 heterocycles. The molecule has 2 rings (SSSR count). The van der Waals surface area contributed by atoms with E-state index in [2.05, 4.69) is 0 Å². The molecule has 0 unspecified atom stereocenters. The SMILES string of the molecule is OCC(F)(F)CN1CC(c2ccccc2)C1. The molecule has 0 radical (unpaired) electrons. The topological polar surface area (TPSA) is 23.5 Å². The van der Waals surface area contributed by atoms with Gasteiger partial charge in [0.2, 0.25) is 0 Å². The third kappa shape index (κ3) is 2.57. The highest BCUT2D eigenvalue weighted by Crippen LogP contribution is 2.29. The average Bonchev–Trinajstić information content (AvgIpc) is 2.24. The second-order valence-electron chi connectivity index (χ2n) is 4.32. The maximum atomic E-state index is 12.9. The summed E-state index contributed by atoms with van der Waals surface area (Å²) in [4.78, 5) is 1.67. The molecule has 1 aliphatic heterocycles. The molecule has 0 saturated carbocycles. The zero-order chi connectivity index (χ0) is 11.6. The van der Waals surface area contributed by atoms with Gasteiger partial charge in [-0.1, -0.05) is 30.3 Å². The number of rotatable bonds is 4. The van der Waals surface area contributed by atoms with Crippen LogP contribution in [0.15, 0.2) is 30.3 Å². The van der Waals surface area contributed by atoms with Gasteiger partial charge < -0.3 is 5.11 Å². The van der Waals surface area contributed by atoms with Crippen LogP contribution in [0.5, 0.6) is 0 Å². The normalized spacial score (nSPS) is 18.4. The third-order valence-corrected chi connectivity index (χ3v) is 2.91. The molecule has 0 atom stereocenters. The van der Waals surface area contributed by atoms with E-state index in [9.17, 15) is 8.78 Å². The van der Waals surface area contributed by atoms with Crippen molar-refractivity contribution in [2.45, 2.75) is 11.8 Å². The van der Waals surface area contributed by atoms with Gasteiger partial charge in [-0.2, -0.15) is 0 Å². The first kappa shape index (κ1) is 11.5. The molecular weight excluding hydrogens is 212 g/mol. The van der Waals surface area contributed by atoms with Gasteiger partial charge in [-0.3, -0.25) is 4.90 Å². The first-order chi connectivity index (χ1) is 7.61. The molecule has 4 heteroatoms. The summed E-state index contributed by atoms with van der Waals surface area (Å²) < 4.78 is 25.7. The smallest absolute Gasteiger partial charge is 0.283 e. The van der Waals surface area contributed by atoms with Gasteiger partial charge >= 0.3 is 0 Å². The standard InChI is InChI=1S/C12H15F2NO/c13-12(14,9-16)8-15-6-11(7-15)10-4-2-1-3-5-10/h1-5,11,16H,6-9H2. The van der Waals surface area contributed by atoms with E-state index in [-0.39, 0.29) is 6.54 Å². The first-order valence-corrected chi connectivity index (χ1v) is 5.37. The molecule has 0 aliphatic carbocycles. The summed E-state index contributed by atoms with van der Waals surface area (Å²) in [5, 5.41) is 8.47. The first-order valence-electron chi connectivity index (χ1n) is 5.37. The van der Waals surface area contributed by atoms with E-state index in [1.807, 2.05) is 30.3 Å². The molecule has 0 bridgehead atoms. The van der Waals surface area contributed by atoms with Crippen molar-refractivity contribution in [1.82, 2.24) is 4.90 Å². The number of halogens is 2. The van der Waals surface area contributed by atoms with Crippen molar-refractivity contribution in [3.05, 3.63) is 35.9 Å². The van der Waals surface area contributed by atoms with E-state index in [0.717, 1.165) is 0 Å². The van der Waals surface area contributed by atoms with Crippen LogP contribution in [0, 0.1) is 0 Å². The van der Waals surface area contributed by atoms with Gasteiger partial charge in [0, 0.05) is 19.0 Å². The van der Waals surface area contributed by atoms with Crippen LogP contribution in [-0.4, -0.2) is 42.2 Å². The quantitative estimate of drug-likeness (QED) is 0.846. The monoisotopic (exact) mass is 227 g/mol. The van der Waals surface area contributed by atoms with E-state index in [0.29, 0.717) is 19.0 Å². The Kier molecular flexibility index (Phi) is 3.21. The number of benzene rings is 1. The van der Waals surface area contributed by atoms with Crippen molar-refractivity contribution in [1.29, 1.82) is 0 Å². The predicted octanol–water partition coefficient (Wildman–Crippen LogP) is 1.71. The van der Waals surface area contributed by atoms with Crippen molar-refractivity contribution < 1.29 is 13.9 Å². The molecular formula is C12H15F2NO. The molecule has 0 spiro atoms. The Bertz CT molecular complexity index is 336. The lowest BCUT2D eigenvalue weighted by Crippen LogP contribution is -2.50. The van der Waals surface area contributed by atoms with Crippen LogP contribution in [0.25, 0.3) is 0 Å². The lowest BCUT2D eigenvalue weighted by Gasteiger charge is -2.40. The molecule has 1 N–H and O–H groups in total. The van der Waals surface area contributed by atoms with Gasteiger partial charge in [0.05, 0.1) is 6.54 Å². The van der Waals surface area contributed by atoms with Gasteiger partial charge in [-0.05, 0) is 5.56 Å². The summed E-state index contributed by atoms with van der Waals surface area (Å²) in [6.45, 7) is -0.106. The highest BCUT2D eigenvalue weighted by Gasteiger charge is 2.36. The fourth-order valence-corrected chi connectivity index (χ4v) is 2.01. The Morgan fingerprint density at radius 1 is 1.25 bits per heavy atom. The molecule has 0 aromatic heterocycles. The minimum absolute atomic E-state index is 0.340. The highest BCUT2D eigenvalue weighted by molar-refractivity contribution is 5.22. The van der Waals surface area contributed by atoms with E-state index in [4.69, 9.17) is 5.11 Å². The number of alkyl halides is 2. The van der Waals surface area contributed by atoms with Crippen LogP contribution in [0.4, 0.5) is 8.78 Å². The second-order valence-corrected chi connectivity index (χ2v) is 4.32. The third-order valence-electron chi connectivity index (χ3n) is 2.91. The average molecular weight is 227 g/mol. The van der Waals surface area contributed by atoms with Crippen LogP contribution in [0.2, 0.25) is 0 Å². The fraction of sp³-hybridized carbons (Fsp3) is 0.500. The predicted molar refractivity (Wildman–Crippen MR) is 57.7 cm³/mol. The minimum atomic E-state index is -2.97. The minimum Gasteiger partial charge on any atom is -0.390 e. The summed E-state index contributed by atoms with van der Waals surface area (Å²) in [6.07, 6.45) is 0. The van der Waals surface area contributed by atoms with Crippen LogP contribution in [0.3, 0.4) is 0 Å². The maximum absolute atomic E-state index is 12.9. The molecule has 1 aromatic carbocycles. The lowest BCUT2D eigenvalue weighted by molar-refractivity contribution is -0.0857. The Labute approximate surface area is 93.5 Å². The lowest BCUT2D eigenvalue weighted by atomic mass is 9.91. The number of aliphatic hydroxyl groups excluding tert-OH is 1. The molecule has 0 amide bonds. The van der Waals surface area contributed by atoms with Crippen LogP contribution >= 0.6 is 0 Å². The van der Waals surface area contributed by atoms with Crippen LogP contribution in [0.1, 0.15) is 11.5 Å². The Hall–Kier alpha value is -1.00. The van der Waals surface area contributed by atoms with Crippen molar-refractivity contribution in [3.63, 3.8) is 0 Å². The van der Waals surface area contributed by atoms with Gasteiger partial charge in [0.25, 0.3) is 5.92 Å². The maximum Gasteiger partial charge on any atom is 0.283 e. The summed E-state index contributed by atoms with van der Waals surface area (Å²) in [5.41, 5.74) is 1.20. The molecule has 16 heavy (non-hydrogen) atoms. The zero-order valence-corrected chi connectivity index (χ0v) is 8.94. The molecule has 1 aliphatic rings. The van der Waals surface area contributed by atoms with Gasteiger partial charge in [-0.25, -0.2) is 8.78 Å². The van der Waals surface area contributed by atoms with Crippen molar-refractivity contribution in [3.8, 4) is 0 Å². The van der Waals surface area contributed by atoms with E-state index in [1.165, 1.54) is 5.56 Å². The number of nitrogens with zero attached hydrogens (tertiary/aromatic N) is 1. The Morgan fingerprint density at radius 2 is 1.88 bits per heavy atom. The number of hydrogen-bond donors (Lipinski definition) is 1. The molecule has 2 nitrogen and oxygen atoms in total. The largest absolute Gasteiger partial charge is 0.390 e. The molecule has 1 saturated heterocycles. The molecule has 1 fully saturated rings. The van der Waals surface area contributed by atoms with E-state index < -0.39 is 12.5 Å². The fourth-order valence-electron chi connectivity index (χ4n) is 2.01. The van der Waals surface area contributed by atoms with Crippen LogP contribution in [-0.2, 0) is 0 Å². The summed E-state index contributed by atoms with van der Waals surface area (Å²) in [6, 6.07) is 9.90. The van der Waals surface area contributed by atoms with Crippen molar-refractivity contribution in [2.24, 2.45) is 0 Å². The van der Waals surface area contributed by atoms with E-state index >= 15 is 0 Å². The van der Waals surface area contributed by atoms with Gasteiger partial charge in [0.1, 0.15) is 6.61 Å². The number of hydrogen-bond acceptors (Lipinski definition) is 2. The van der Waals surface area contributed by atoms with Crippen LogP contribution < -0.4 is 0 Å².